The summed E-state index contributed by atoms with van der Waals surface area (Å²) in [5.41, 5.74) is -0.0872. The van der Waals surface area contributed by atoms with Crippen molar-refractivity contribution in [1.29, 1.82) is 0 Å². The Morgan fingerprint density at radius 3 is 2.71 bits per heavy atom. The first-order chi connectivity index (χ1) is 15.0. The average Bonchev–Trinajstić information content (AvgIpc) is 3.33. The first-order valence-electron chi connectivity index (χ1n) is 9.57. The van der Waals surface area contributed by atoms with Crippen LogP contribution in [0.2, 0.25) is 5.02 Å². The zero-order chi connectivity index (χ0) is 21.6. The van der Waals surface area contributed by atoms with Gasteiger partial charge < -0.3 is 19.3 Å². The van der Waals surface area contributed by atoms with E-state index in [4.69, 9.17) is 25.6 Å². The van der Waals surface area contributed by atoms with Gasteiger partial charge in [-0.2, -0.15) is 4.98 Å². The number of carbonyl (C=O) groups is 2. The zero-order valence-corrected chi connectivity index (χ0v) is 17.2. The zero-order valence-electron chi connectivity index (χ0n) is 16.4. The molecule has 0 bridgehead atoms. The number of hydrogen-bond acceptors (Lipinski definition) is 7. The summed E-state index contributed by atoms with van der Waals surface area (Å²) in [6.45, 7) is 2.36. The molecule has 1 fully saturated rings. The third-order valence-corrected chi connectivity index (χ3v) is 5.60. The Morgan fingerprint density at radius 1 is 1.13 bits per heavy atom. The number of amides is 3. The van der Waals surface area contributed by atoms with Crippen LogP contribution < -0.4 is 14.8 Å². The fourth-order valence-corrected chi connectivity index (χ4v) is 3.82. The Balaban J connectivity index is 1.39. The van der Waals surface area contributed by atoms with Crippen molar-refractivity contribution in [2.75, 3.05) is 13.2 Å². The van der Waals surface area contributed by atoms with E-state index in [1.807, 2.05) is 0 Å². The van der Waals surface area contributed by atoms with Gasteiger partial charge in [0.15, 0.2) is 11.5 Å². The lowest BCUT2D eigenvalue weighted by atomic mass is 9.91. The first kappa shape index (κ1) is 19.4. The normalized spacial score (nSPS) is 20.1. The Labute approximate surface area is 181 Å². The molecule has 2 aromatic carbocycles. The number of nitrogens with one attached hydrogen (secondary N) is 1. The van der Waals surface area contributed by atoms with Crippen molar-refractivity contribution in [3.05, 3.63) is 58.9 Å². The second-order valence-corrected chi connectivity index (χ2v) is 7.70. The maximum Gasteiger partial charge on any atom is 0.325 e. The van der Waals surface area contributed by atoms with Crippen LogP contribution >= 0.6 is 11.6 Å². The Kier molecular flexibility index (Phi) is 4.55. The highest BCUT2D eigenvalue weighted by molar-refractivity contribution is 6.33. The predicted octanol–water partition coefficient (Wildman–Crippen LogP) is 3.13. The molecule has 158 valence electrons. The van der Waals surface area contributed by atoms with Gasteiger partial charge in [-0.3, -0.25) is 9.69 Å². The molecule has 1 saturated heterocycles. The molecule has 5 rings (SSSR count). The van der Waals surface area contributed by atoms with E-state index in [9.17, 15) is 9.59 Å². The minimum absolute atomic E-state index is 0.116. The van der Waals surface area contributed by atoms with Crippen molar-refractivity contribution < 1.29 is 23.6 Å². The van der Waals surface area contributed by atoms with Crippen LogP contribution in [0.1, 0.15) is 18.4 Å². The number of fused-ring (bicyclic) bond motifs is 1. The largest absolute Gasteiger partial charge is 0.486 e. The van der Waals surface area contributed by atoms with Crippen molar-refractivity contribution in [3.8, 4) is 22.9 Å². The lowest BCUT2D eigenvalue weighted by Gasteiger charge is -2.25. The lowest BCUT2D eigenvalue weighted by molar-refractivity contribution is -0.131. The summed E-state index contributed by atoms with van der Waals surface area (Å²) in [6, 6.07) is 11.7. The highest BCUT2D eigenvalue weighted by Crippen LogP contribution is 2.37. The molecule has 0 saturated carbocycles. The quantitative estimate of drug-likeness (QED) is 0.621. The van der Waals surface area contributed by atoms with E-state index in [0.29, 0.717) is 40.9 Å². The van der Waals surface area contributed by atoms with E-state index in [1.165, 1.54) is 0 Å². The summed E-state index contributed by atoms with van der Waals surface area (Å²) in [7, 11) is 0. The molecule has 0 aliphatic carbocycles. The van der Waals surface area contributed by atoms with Gasteiger partial charge in [0.2, 0.25) is 11.7 Å². The summed E-state index contributed by atoms with van der Waals surface area (Å²) >= 11 is 6.17. The molecular formula is C21H17ClN4O5. The Hall–Kier alpha value is -3.59. The van der Waals surface area contributed by atoms with Crippen LogP contribution in [0.3, 0.4) is 0 Å². The van der Waals surface area contributed by atoms with E-state index < -0.39 is 17.5 Å². The number of carbonyl (C=O) groups excluding carboxylic acids is 2. The number of benzene rings is 2. The van der Waals surface area contributed by atoms with Gasteiger partial charge in [-0.25, -0.2) is 4.79 Å². The van der Waals surface area contributed by atoms with E-state index in [-0.39, 0.29) is 18.3 Å². The summed E-state index contributed by atoms with van der Waals surface area (Å²) in [6.07, 6.45) is 0. The van der Waals surface area contributed by atoms with Gasteiger partial charge in [-0.05, 0) is 36.8 Å². The van der Waals surface area contributed by atoms with Crippen LogP contribution in [0.25, 0.3) is 11.4 Å². The number of hydrogen-bond donors (Lipinski definition) is 1. The van der Waals surface area contributed by atoms with Crippen LogP contribution in [-0.4, -0.2) is 40.2 Å². The second kappa shape index (κ2) is 7.28. The molecule has 0 unspecified atom stereocenters. The van der Waals surface area contributed by atoms with E-state index in [2.05, 4.69) is 15.5 Å². The van der Waals surface area contributed by atoms with Crippen molar-refractivity contribution in [2.45, 2.75) is 19.0 Å². The van der Waals surface area contributed by atoms with Crippen molar-refractivity contribution in [3.63, 3.8) is 0 Å². The number of ether oxygens (including phenoxy) is 2. The van der Waals surface area contributed by atoms with Gasteiger partial charge in [0.25, 0.3) is 5.91 Å². The third kappa shape index (κ3) is 3.27. The fourth-order valence-electron chi connectivity index (χ4n) is 3.60. The lowest BCUT2D eigenvalue weighted by Crippen LogP contribution is -2.41. The molecule has 2 aliphatic heterocycles. The van der Waals surface area contributed by atoms with E-state index >= 15 is 0 Å². The van der Waals surface area contributed by atoms with Crippen LogP contribution in [0.15, 0.2) is 47.0 Å². The Morgan fingerprint density at radius 2 is 1.90 bits per heavy atom. The van der Waals surface area contributed by atoms with Gasteiger partial charge in [0, 0.05) is 5.56 Å². The van der Waals surface area contributed by atoms with Gasteiger partial charge in [0.05, 0.1) is 5.02 Å². The molecule has 9 nitrogen and oxygen atoms in total. The van der Waals surface area contributed by atoms with Crippen LogP contribution in [-0.2, 0) is 16.9 Å². The molecule has 1 atom stereocenters. The molecule has 0 radical (unpaired) electrons. The van der Waals surface area contributed by atoms with E-state index in [0.717, 1.165) is 4.90 Å². The van der Waals surface area contributed by atoms with Crippen molar-refractivity contribution in [1.82, 2.24) is 20.4 Å². The fraction of sp³-hybridized carbons (Fsp3) is 0.238. The number of aromatic nitrogens is 2. The van der Waals surface area contributed by atoms with Crippen LogP contribution in [0, 0.1) is 0 Å². The minimum atomic E-state index is -1.27. The number of urea groups is 1. The summed E-state index contributed by atoms with van der Waals surface area (Å²) in [4.78, 5) is 31.1. The smallest absolute Gasteiger partial charge is 0.325 e. The number of nitrogens with zero attached hydrogens (tertiary/aromatic N) is 3. The predicted molar refractivity (Wildman–Crippen MR) is 109 cm³/mol. The highest BCUT2D eigenvalue weighted by Gasteiger charge is 2.49. The molecule has 3 amide bonds. The van der Waals surface area contributed by atoms with Gasteiger partial charge in [0.1, 0.15) is 25.3 Å². The minimum Gasteiger partial charge on any atom is -0.486 e. The molecule has 0 spiro atoms. The number of halogens is 1. The van der Waals surface area contributed by atoms with Gasteiger partial charge in [-0.15, -0.1) is 0 Å². The van der Waals surface area contributed by atoms with E-state index in [1.54, 1.807) is 49.4 Å². The standard InChI is InChI=1S/C21H17ClN4O5/c1-21(12-6-7-15-16(10-12)30-9-8-29-15)19(27)26(20(28)24-21)11-17-23-18(25-31-17)13-4-2-3-5-14(13)22/h2-7,10H,8-9,11H2,1H3,(H,24,28)/t21-/m1/s1. The maximum atomic E-state index is 13.2. The van der Waals surface area contributed by atoms with Crippen molar-refractivity contribution in [2.24, 2.45) is 0 Å². The molecule has 2 aliphatic rings. The molecule has 10 heteroatoms. The molecule has 1 N–H and O–H groups in total. The van der Waals surface area contributed by atoms with Gasteiger partial charge in [-0.1, -0.05) is 35.0 Å². The maximum absolute atomic E-state index is 13.2. The molecule has 1 aromatic heterocycles. The first-order valence-corrected chi connectivity index (χ1v) is 9.95. The number of imide groups is 1. The average molecular weight is 441 g/mol. The summed E-state index contributed by atoms with van der Waals surface area (Å²) in [5, 5.41) is 7.13. The molecule has 3 aromatic rings. The number of rotatable bonds is 4. The van der Waals surface area contributed by atoms with Crippen LogP contribution in [0.5, 0.6) is 11.5 Å². The van der Waals surface area contributed by atoms with Crippen molar-refractivity contribution >= 4 is 23.5 Å². The second-order valence-electron chi connectivity index (χ2n) is 7.30. The monoisotopic (exact) mass is 440 g/mol. The SMILES string of the molecule is C[C@]1(c2ccc3c(c2)OCCO3)NC(=O)N(Cc2nc(-c3ccccc3Cl)no2)C1=O. The third-order valence-electron chi connectivity index (χ3n) is 5.27. The van der Waals surface area contributed by atoms with Gasteiger partial charge >= 0.3 is 6.03 Å². The summed E-state index contributed by atoms with van der Waals surface area (Å²) < 4.78 is 16.4. The summed E-state index contributed by atoms with van der Waals surface area (Å²) in [5.74, 6) is 1.09. The Bertz CT molecular complexity index is 1200. The molecule has 3 heterocycles. The highest BCUT2D eigenvalue weighted by atomic mass is 35.5. The molecule has 31 heavy (non-hydrogen) atoms. The van der Waals surface area contributed by atoms with Crippen LogP contribution in [0.4, 0.5) is 4.79 Å². The topological polar surface area (TPSA) is 107 Å². The molecular weight excluding hydrogens is 424 g/mol.